The van der Waals surface area contributed by atoms with E-state index in [0.717, 1.165) is 0 Å². The number of hydrogen-bond acceptors (Lipinski definition) is 2. The van der Waals surface area contributed by atoms with Gasteiger partial charge in [0.1, 0.15) is 0 Å². The van der Waals surface area contributed by atoms with Crippen molar-refractivity contribution < 1.29 is 13.6 Å². The van der Waals surface area contributed by atoms with Crippen LogP contribution in [0.25, 0.3) is 0 Å². The Balaban J connectivity index is 3.58. The minimum absolute atomic E-state index is 0.124. The van der Waals surface area contributed by atoms with Crippen LogP contribution >= 0.6 is 0 Å². The summed E-state index contributed by atoms with van der Waals surface area (Å²) in [6.07, 6.45) is 13.7. The zero-order valence-electron chi connectivity index (χ0n) is 14.9. The monoisotopic (exact) mass is 257 g/mol. The highest BCUT2D eigenvalue weighted by molar-refractivity contribution is 5.69. The first-order chi connectivity index (χ1) is 9.85. The van der Waals surface area contributed by atoms with Crippen molar-refractivity contribution in [3.05, 3.63) is 12.2 Å². The van der Waals surface area contributed by atoms with Gasteiger partial charge in [-0.2, -0.15) is 0 Å². The Morgan fingerprint density at radius 2 is 2.00 bits per heavy atom. The van der Waals surface area contributed by atoms with Crippen molar-refractivity contribution in [1.82, 2.24) is 0 Å². The maximum absolute atomic E-state index is 11.2. The lowest BCUT2D eigenvalue weighted by Gasteiger charge is -2.05. The third-order valence-corrected chi connectivity index (χ3v) is 3.11. The third-order valence-electron chi connectivity index (χ3n) is 3.11. The van der Waals surface area contributed by atoms with Crippen molar-refractivity contribution in [2.24, 2.45) is 5.92 Å². The molecule has 106 valence electrons. The molecule has 0 bridgehead atoms. The Hall–Kier alpha value is -0.790. The standard InChI is InChI=1S/C16H30O2/c1-4-5-6-7-8-9-12-15(2)13-10-11-14-16(17)18-3/h10,13,15H,4-9,11-12,14H2,1-3H3/b13-10+/i3D3. The van der Waals surface area contributed by atoms with Crippen molar-refractivity contribution in [2.75, 3.05) is 7.04 Å². The number of unbranched alkanes of at least 4 members (excludes halogenated alkanes) is 5. The molecule has 0 spiro atoms. The van der Waals surface area contributed by atoms with Gasteiger partial charge in [-0.3, -0.25) is 4.79 Å². The first-order valence-electron chi connectivity index (χ1n) is 8.73. The molecule has 0 N–H and O–H groups in total. The average molecular weight is 257 g/mol. The zero-order chi connectivity index (χ0) is 16.1. The first kappa shape index (κ1) is 12.3. The summed E-state index contributed by atoms with van der Waals surface area (Å²) in [5, 5.41) is 0. The molecule has 0 saturated carbocycles. The fourth-order valence-corrected chi connectivity index (χ4v) is 1.92. The summed E-state index contributed by atoms with van der Waals surface area (Å²) in [5.74, 6) is -0.155. The molecule has 0 aromatic rings. The van der Waals surface area contributed by atoms with Gasteiger partial charge in [0, 0.05) is 6.42 Å². The van der Waals surface area contributed by atoms with E-state index in [9.17, 15) is 4.79 Å². The number of allylic oxidation sites excluding steroid dienone is 2. The zero-order valence-corrected chi connectivity index (χ0v) is 11.9. The molecule has 18 heavy (non-hydrogen) atoms. The van der Waals surface area contributed by atoms with Gasteiger partial charge < -0.3 is 4.74 Å². The van der Waals surface area contributed by atoms with Crippen LogP contribution in [0.5, 0.6) is 0 Å². The predicted octanol–water partition coefficient (Wildman–Crippen LogP) is 4.88. The van der Waals surface area contributed by atoms with E-state index in [1.807, 2.05) is 6.08 Å². The van der Waals surface area contributed by atoms with Crippen molar-refractivity contribution in [3.8, 4) is 0 Å². The Morgan fingerprint density at radius 3 is 2.72 bits per heavy atom. The quantitative estimate of drug-likeness (QED) is 0.299. The molecule has 0 rings (SSSR count). The highest BCUT2D eigenvalue weighted by Crippen LogP contribution is 2.13. The number of carbonyl (C=O) groups excluding carboxylic acids is 1. The highest BCUT2D eigenvalue weighted by atomic mass is 16.5. The van der Waals surface area contributed by atoms with E-state index in [-0.39, 0.29) is 6.42 Å². The van der Waals surface area contributed by atoms with E-state index >= 15 is 0 Å². The Morgan fingerprint density at radius 1 is 1.28 bits per heavy atom. The van der Waals surface area contributed by atoms with Gasteiger partial charge in [0.25, 0.3) is 0 Å². The highest BCUT2D eigenvalue weighted by Gasteiger charge is 1.99. The van der Waals surface area contributed by atoms with Crippen LogP contribution in [0, 0.1) is 5.92 Å². The second-order valence-corrected chi connectivity index (χ2v) is 4.97. The molecule has 0 aliphatic heterocycles. The topological polar surface area (TPSA) is 26.3 Å². The summed E-state index contributed by atoms with van der Waals surface area (Å²) in [6, 6.07) is 0. The molecule has 0 radical (unpaired) electrons. The van der Waals surface area contributed by atoms with E-state index in [0.29, 0.717) is 12.3 Å². The fourth-order valence-electron chi connectivity index (χ4n) is 1.92. The molecule has 0 fully saturated rings. The van der Waals surface area contributed by atoms with Crippen LogP contribution in [0.1, 0.15) is 75.7 Å². The molecular formula is C16H30O2. The van der Waals surface area contributed by atoms with Gasteiger partial charge >= 0.3 is 5.97 Å². The maximum atomic E-state index is 11.2. The fraction of sp³-hybridized carbons (Fsp3) is 0.812. The van der Waals surface area contributed by atoms with Crippen LogP contribution in [0.15, 0.2) is 12.2 Å². The molecule has 1 unspecified atom stereocenters. The first-order valence-corrected chi connectivity index (χ1v) is 7.23. The predicted molar refractivity (Wildman–Crippen MR) is 77.5 cm³/mol. The molecule has 0 aromatic heterocycles. The van der Waals surface area contributed by atoms with Crippen molar-refractivity contribution >= 4 is 5.97 Å². The normalized spacial score (nSPS) is 16.0. The Labute approximate surface area is 117 Å². The lowest BCUT2D eigenvalue weighted by molar-refractivity contribution is -0.140. The summed E-state index contributed by atoms with van der Waals surface area (Å²) < 4.78 is 24.7. The molecule has 1 atom stereocenters. The van der Waals surface area contributed by atoms with Gasteiger partial charge in [0.05, 0.1) is 11.2 Å². The number of hydrogen-bond donors (Lipinski definition) is 0. The number of carbonyl (C=O) groups is 1. The van der Waals surface area contributed by atoms with E-state index < -0.39 is 13.0 Å². The van der Waals surface area contributed by atoms with E-state index in [1.54, 1.807) is 0 Å². The SMILES string of the molecule is [2H]C([2H])([2H])OC(=O)CC/C=C/C(C)CCCCCCCC. The summed E-state index contributed by atoms with van der Waals surface area (Å²) in [7, 11) is -2.62. The van der Waals surface area contributed by atoms with E-state index in [2.05, 4.69) is 24.7 Å². The van der Waals surface area contributed by atoms with Crippen molar-refractivity contribution in [1.29, 1.82) is 0 Å². The average Bonchev–Trinajstić information content (AvgIpc) is 2.37. The second kappa shape index (κ2) is 12.7. The van der Waals surface area contributed by atoms with Crippen LogP contribution in [0.4, 0.5) is 0 Å². The van der Waals surface area contributed by atoms with Crippen LogP contribution in [0.2, 0.25) is 0 Å². The third kappa shape index (κ3) is 11.7. The minimum atomic E-state index is -2.62. The van der Waals surface area contributed by atoms with Crippen LogP contribution in [-0.4, -0.2) is 13.0 Å². The molecule has 0 saturated heterocycles. The number of methoxy groups -OCH3 is 1. The number of esters is 1. The molecule has 2 nitrogen and oxygen atoms in total. The van der Waals surface area contributed by atoms with Gasteiger partial charge in [-0.15, -0.1) is 0 Å². The Bertz CT molecular complexity index is 298. The van der Waals surface area contributed by atoms with Gasteiger partial charge in [-0.05, 0) is 18.8 Å². The summed E-state index contributed by atoms with van der Waals surface area (Å²) in [4.78, 5) is 11.2. The summed E-state index contributed by atoms with van der Waals surface area (Å²) >= 11 is 0. The second-order valence-electron chi connectivity index (χ2n) is 4.97. The van der Waals surface area contributed by atoms with Gasteiger partial charge in [0.2, 0.25) is 0 Å². The minimum Gasteiger partial charge on any atom is -0.469 e. The van der Waals surface area contributed by atoms with Crippen molar-refractivity contribution in [3.63, 3.8) is 0 Å². The molecule has 0 aromatic carbocycles. The van der Waals surface area contributed by atoms with Crippen LogP contribution in [0.3, 0.4) is 0 Å². The molecule has 0 heterocycles. The molecule has 0 amide bonds. The number of ether oxygens (including phenoxy) is 1. The Kier molecular flexibility index (Phi) is 8.62. The van der Waals surface area contributed by atoms with Crippen LogP contribution < -0.4 is 0 Å². The summed E-state index contributed by atoms with van der Waals surface area (Å²) in [6.45, 7) is 4.39. The smallest absolute Gasteiger partial charge is 0.305 e. The molecule has 0 aliphatic carbocycles. The van der Waals surface area contributed by atoms with E-state index in [4.69, 9.17) is 4.11 Å². The van der Waals surface area contributed by atoms with E-state index in [1.165, 1.54) is 44.9 Å². The van der Waals surface area contributed by atoms with Gasteiger partial charge in [-0.25, -0.2) is 0 Å². The van der Waals surface area contributed by atoms with Gasteiger partial charge in [0.15, 0.2) is 0 Å². The molecule has 2 heteroatoms. The lowest BCUT2D eigenvalue weighted by atomic mass is 10.0. The lowest BCUT2D eigenvalue weighted by Crippen LogP contribution is -1.98. The van der Waals surface area contributed by atoms with Crippen LogP contribution in [-0.2, 0) is 9.53 Å². The summed E-state index contributed by atoms with van der Waals surface area (Å²) in [5.41, 5.74) is 0. The molecule has 0 aliphatic rings. The van der Waals surface area contributed by atoms with Crippen molar-refractivity contribution in [2.45, 2.75) is 71.6 Å². The number of rotatable bonds is 11. The molecular weight excluding hydrogens is 224 g/mol. The van der Waals surface area contributed by atoms with Gasteiger partial charge in [-0.1, -0.05) is 64.5 Å². The largest absolute Gasteiger partial charge is 0.469 e. The maximum Gasteiger partial charge on any atom is 0.305 e.